The molecule has 1 saturated carbocycles. The Balaban J connectivity index is 1.07. The van der Waals surface area contributed by atoms with E-state index in [1.165, 1.54) is 44.8 Å². The Kier molecular flexibility index (Phi) is 9.93. The Hall–Kier alpha value is -4.70. The summed E-state index contributed by atoms with van der Waals surface area (Å²) in [6, 6.07) is 16.8. The Morgan fingerprint density at radius 1 is 0.980 bits per heavy atom. The molecular weight excluding hydrogens is 618 g/mol. The lowest BCUT2D eigenvalue weighted by Crippen LogP contribution is -2.56. The molecule has 1 amide bonds. The Labute approximate surface area is 288 Å². The fourth-order valence-corrected chi connectivity index (χ4v) is 7.56. The number of ether oxygens (including phenoxy) is 1. The summed E-state index contributed by atoms with van der Waals surface area (Å²) in [5.74, 6) is 1.48. The van der Waals surface area contributed by atoms with E-state index >= 15 is 0 Å². The van der Waals surface area contributed by atoms with E-state index in [1.54, 1.807) is 18.2 Å². The molecule has 4 heterocycles. The van der Waals surface area contributed by atoms with Crippen molar-refractivity contribution in [1.82, 2.24) is 19.8 Å². The molecule has 3 saturated heterocycles. The molecule has 7 rings (SSSR count). The molecule has 3 aliphatic heterocycles. The van der Waals surface area contributed by atoms with Crippen molar-refractivity contribution < 1.29 is 14.4 Å². The van der Waals surface area contributed by atoms with Crippen LogP contribution in [0.2, 0.25) is 0 Å². The summed E-state index contributed by atoms with van der Waals surface area (Å²) in [6.07, 6.45) is 9.81. The minimum absolute atomic E-state index is 0.0910. The molecule has 1 atom stereocenters. The van der Waals surface area contributed by atoms with Gasteiger partial charge in [-0.15, -0.1) is 0 Å². The maximum atomic E-state index is 12.6. The van der Waals surface area contributed by atoms with Crippen molar-refractivity contribution in [3.63, 3.8) is 0 Å². The number of hydrogen-bond acceptors (Lipinski definition) is 11. The maximum absolute atomic E-state index is 12.6. The van der Waals surface area contributed by atoms with Crippen molar-refractivity contribution in [1.29, 1.82) is 5.26 Å². The number of hydrogen-bond donors (Lipinski definition) is 2. The van der Waals surface area contributed by atoms with E-state index in [0.717, 1.165) is 62.7 Å². The summed E-state index contributed by atoms with van der Waals surface area (Å²) in [4.78, 5) is 35.3. The highest BCUT2D eigenvalue weighted by atomic mass is 16.7. The molecule has 256 valence electrons. The van der Waals surface area contributed by atoms with Gasteiger partial charge in [-0.3, -0.25) is 19.4 Å². The number of anilines is 5. The standard InChI is InChI=1S/C37H45N9O3/c1-3-37(47)42-30-21-31(41-35-23-36(40-25-39-35)46-32(12-19-49-46)27-7-4-6-26(20-27)24-38)34(48-2)22-33(30)45-13-10-29(11-14-45)44-17-15-43(16-18-44)28-8-5-9-28/h3-4,6-7,20-23,25,28-29,32H,1,5,8-19H2,2H3,(H,42,47)(H,39,40,41)/t32-/m1/s1. The van der Waals surface area contributed by atoms with E-state index in [-0.39, 0.29) is 11.9 Å². The molecule has 0 bridgehead atoms. The van der Waals surface area contributed by atoms with Gasteiger partial charge in [0.05, 0.1) is 48.5 Å². The minimum atomic E-state index is -0.279. The van der Waals surface area contributed by atoms with E-state index in [1.807, 2.05) is 36.4 Å². The predicted molar refractivity (Wildman–Crippen MR) is 190 cm³/mol. The molecule has 3 aromatic rings. The van der Waals surface area contributed by atoms with Crippen molar-refractivity contribution in [2.24, 2.45) is 0 Å². The highest BCUT2D eigenvalue weighted by Gasteiger charge is 2.33. The monoisotopic (exact) mass is 663 g/mol. The fourth-order valence-electron chi connectivity index (χ4n) is 7.56. The number of nitrogens with zero attached hydrogens (tertiary/aromatic N) is 7. The zero-order valence-electron chi connectivity index (χ0n) is 28.2. The molecule has 1 aliphatic carbocycles. The van der Waals surface area contributed by atoms with Crippen LogP contribution in [0.4, 0.5) is 28.7 Å². The van der Waals surface area contributed by atoms with E-state index in [0.29, 0.717) is 47.0 Å². The molecule has 12 nitrogen and oxygen atoms in total. The van der Waals surface area contributed by atoms with Crippen molar-refractivity contribution in [2.45, 2.75) is 56.7 Å². The van der Waals surface area contributed by atoms with Crippen LogP contribution in [0, 0.1) is 11.3 Å². The first-order valence-corrected chi connectivity index (χ1v) is 17.4. The molecule has 1 aromatic heterocycles. The predicted octanol–water partition coefficient (Wildman–Crippen LogP) is 5.25. The highest BCUT2D eigenvalue weighted by molar-refractivity contribution is 6.02. The highest BCUT2D eigenvalue weighted by Crippen LogP contribution is 2.41. The number of hydroxylamine groups is 1. The summed E-state index contributed by atoms with van der Waals surface area (Å²) >= 11 is 0. The van der Waals surface area contributed by atoms with Gasteiger partial charge in [0.25, 0.3) is 0 Å². The van der Waals surface area contributed by atoms with Gasteiger partial charge in [-0.25, -0.2) is 15.0 Å². The SMILES string of the molecule is C=CC(=O)Nc1cc(Nc2cc(N3OCC[C@@H]3c3cccc(C#N)c3)ncn2)c(OC)cc1N1CCC(N2CCN(C3CCC3)CC2)CC1. The summed E-state index contributed by atoms with van der Waals surface area (Å²) in [6.45, 7) is 10.7. The first-order chi connectivity index (χ1) is 24.0. The van der Waals surface area contributed by atoms with Gasteiger partial charge in [0.2, 0.25) is 5.91 Å². The summed E-state index contributed by atoms with van der Waals surface area (Å²) < 4.78 is 5.88. The first-order valence-electron chi connectivity index (χ1n) is 17.4. The largest absolute Gasteiger partial charge is 0.494 e. The number of benzene rings is 2. The summed E-state index contributed by atoms with van der Waals surface area (Å²) in [5, 5.41) is 17.6. The molecule has 49 heavy (non-hydrogen) atoms. The Morgan fingerprint density at radius 2 is 1.73 bits per heavy atom. The molecule has 4 fully saturated rings. The number of rotatable bonds is 10. The van der Waals surface area contributed by atoms with Crippen LogP contribution in [0.3, 0.4) is 0 Å². The van der Waals surface area contributed by atoms with Crippen LogP contribution >= 0.6 is 0 Å². The summed E-state index contributed by atoms with van der Waals surface area (Å²) in [7, 11) is 1.64. The molecule has 12 heteroatoms. The quantitative estimate of drug-likeness (QED) is 0.277. The van der Waals surface area contributed by atoms with Crippen LogP contribution in [0.15, 0.2) is 61.4 Å². The number of piperidine rings is 1. The molecule has 4 aliphatic rings. The Bertz CT molecular complexity index is 1690. The third kappa shape index (κ3) is 7.20. The van der Waals surface area contributed by atoms with Crippen molar-refractivity contribution in [3.05, 3.63) is 72.6 Å². The second-order valence-electron chi connectivity index (χ2n) is 13.2. The van der Waals surface area contributed by atoms with Crippen LogP contribution in [0.1, 0.15) is 55.7 Å². The van der Waals surface area contributed by atoms with Crippen LogP contribution in [0.25, 0.3) is 0 Å². The number of amides is 1. The lowest BCUT2D eigenvalue weighted by atomic mass is 9.91. The molecular formula is C37H45N9O3. The number of aromatic nitrogens is 2. The maximum Gasteiger partial charge on any atom is 0.247 e. The van der Waals surface area contributed by atoms with Gasteiger partial charge in [0, 0.05) is 69.9 Å². The van der Waals surface area contributed by atoms with E-state index in [4.69, 9.17) is 9.57 Å². The molecule has 0 unspecified atom stereocenters. The molecule has 0 radical (unpaired) electrons. The Morgan fingerprint density at radius 3 is 2.41 bits per heavy atom. The third-order valence-electron chi connectivity index (χ3n) is 10.5. The fraction of sp³-hybridized carbons (Fsp3) is 0.459. The van der Waals surface area contributed by atoms with Gasteiger partial charge < -0.3 is 20.3 Å². The van der Waals surface area contributed by atoms with Gasteiger partial charge in [0.15, 0.2) is 5.82 Å². The van der Waals surface area contributed by atoms with E-state index in [2.05, 4.69) is 47.9 Å². The molecule has 2 aromatic carbocycles. The van der Waals surface area contributed by atoms with Gasteiger partial charge in [-0.2, -0.15) is 5.26 Å². The topological polar surface area (TPSA) is 122 Å². The number of methoxy groups -OCH3 is 1. The average Bonchev–Trinajstić information content (AvgIpc) is 3.62. The van der Waals surface area contributed by atoms with Gasteiger partial charge >= 0.3 is 0 Å². The van der Waals surface area contributed by atoms with Crippen LogP contribution in [-0.4, -0.2) is 90.7 Å². The minimum Gasteiger partial charge on any atom is -0.494 e. The van der Waals surface area contributed by atoms with Crippen molar-refractivity contribution in [3.8, 4) is 11.8 Å². The van der Waals surface area contributed by atoms with Gasteiger partial charge in [-0.05, 0) is 55.5 Å². The molecule has 2 N–H and O–H groups in total. The first kappa shape index (κ1) is 32.8. The third-order valence-corrected chi connectivity index (χ3v) is 10.5. The number of carbonyl (C=O) groups is 1. The smallest absolute Gasteiger partial charge is 0.247 e. The van der Waals surface area contributed by atoms with Crippen LogP contribution < -0.4 is 25.3 Å². The van der Waals surface area contributed by atoms with Crippen LogP contribution in [0.5, 0.6) is 5.75 Å². The number of piperazine rings is 1. The number of carbonyl (C=O) groups excluding carboxylic acids is 1. The zero-order valence-corrected chi connectivity index (χ0v) is 28.2. The second-order valence-corrected chi connectivity index (χ2v) is 13.2. The normalized spacial score (nSPS) is 20.8. The van der Waals surface area contributed by atoms with E-state index < -0.39 is 0 Å². The van der Waals surface area contributed by atoms with Crippen LogP contribution in [-0.2, 0) is 9.63 Å². The van der Waals surface area contributed by atoms with Crippen molar-refractivity contribution >= 4 is 34.6 Å². The van der Waals surface area contributed by atoms with Crippen molar-refractivity contribution in [2.75, 3.05) is 73.6 Å². The number of nitrogens with one attached hydrogen (secondary N) is 2. The van der Waals surface area contributed by atoms with Gasteiger partial charge in [-0.1, -0.05) is 25.1 Å². The summed E-state index contributed by atoms with van der Waals surface area (Å²) in [5.41, 5.74) is 3.83. The second kappa shape index (κ2) is 14.8. The lowest BCUT2D eigenvalue weighted by Gasteiger charge is -2.46. The van der Waals surface area contributed by atoms with E-state index in [9.17, 15) is 10.1 Å². The lowest BCUT2D eigenvalue weighted by molar-refractivity contribution is -0.111. The number of nitriles is 1. The molecule has 0 spiro atoms. The zero-order chi connectivity index (χ0) is 33.7. The average molecular weight is 664 g/mol. The van der Waals surface area contributed by atoms with Gasteiger partial charge in [0.1, 0.15) is 17.9 Å².